The first-order chi connectivity index (χ1) is 18.1. The van der Waals surface area contributed by atoms with Crippen molar-refractivity contribution in [3.63, 3.8) is 0 Å². The third-order valence-corrected chi connectivity index (χ3v) is 8.56. The molecule has 8 heteroatoms. The van der Waals surface area contributed by atoms with E-state index in [0.29, 0.717) is 17.4 Å². The highest BCUT2D eigenvalue weighted by Crippen LogP contribution is 2.37. The number of anilines is 1. The molecular weight excluding hydrogens is 514 g/mol. The van der Waals surface area contributed by atoms with Gasteiger partial charge < -0.3 is 14.8 Å². The summed E-state index contributed by atoms with van der Waals surface area (Å²) < 4.78 is 36.1. The predicted molar refractivity (Wildman–Crippen MR) is 156 cm³/mol. The van der Waals surface area contributed by atoms with Crippen LogP contribution in [0.4, 0.5) is 5.69 Å². The Labute approximate surface area is 234 Å². The maximum Gasteiger partial charge on any atom is 0.309 e. The number of nitrogens with one attached hydrogen (secondary N) is 1. The first-order valence-electron chi connectivity index (χ1n) is 13.5. The maximum atomic E-state index is 13.5. The number of rotatable bonds is 12. The molecule has 0 saturated carbocycles. The van der Waals surface area contributed by atoms with Crippen LogP contribution >= 0.6 is 0 Å². The molecule has 0 aliphatic rings. The third-order valence-electron chi connectivity index (χ3n) is 6.49. The first kappa shape index (κ1) is 32.3. The van der Waals surface area contributed by atoms with Gasteiger partial charge in [0.25, 0.3) is 0 Å². The van der Waals surface area contributed by atoms with Crippen LogP contribution in [0.2, 0.25) is 0 Å². The van der Waals surface area contributed by atoms with E-state index in [2.05, 4.69) is 39.9 Å². The van der Waals surface area contributed by atoms with Crippen molar-refractivity contribution >= 4 is 27.4 Å². The smallest absolute Gasteiger partial charge is 0.309 e. The average molecular weight is 560 g/mol. The normalized spacial score (nSPS) is 12.9. The number of benzene rings is 2. The molecule has 1 amide bonds. The lowest BCUT2D eigenvalue weighted by Gasteiger charge is -2.25. The molecule has 2 aromatic rings. The van der Waals surface area contributed by atoms with Crippen molar-refractivity contribution < 1.29 is 27.5 Å². The Morgan fingerprint density at radius 2 is 1.62 bits per heavy atom. The lowest BCUT2D eigenvalue weighted by molar-refractivity contribution is -0.139. The quantitative estimate of drug-likeness (QED) is 0.307. The number of carbonyl (C=O) groups is 2. The number of amides is 1. The highest BCUT2D eigenvalue weighted by molar-refractivity contribution is 7.91. The van der Waals surface area contributed by atoms with E-state index >= 15 is 0 Å². The topological polar surface area (TPSA) is 98.8 Å². The number of sulfone groups is 1. The van der Waals surface area contributed by atoms with Gasteiger partial charge in [0, 0.05) is 12.1 Å². The van der Waals surface area contributed by atoms with Crippen LogP contribution in [0.1, 0.15) is 83.9 Å². The van der Waals surface area contributed by atoms with Gasteiger partial charge in [-0.2, -0.15) is 0 Å². The van der Waals surface area contributed by atoms with Crippen molar-refractivity contribution in [3.05, 3.63) is 53.1 Å². The second kappa shape index (κ2) is 13.5. The SMILES string of the molecule is COC(=O)Cc1ccc(C(C)(C)C)c(NC(=O)CC(CC(C)C)c2ccc(S(=O)(=O)CC(C)C)cc2OC)c1. The molecule has 0 saturated heterocycles. The van der Waals surface area contributed by atoms with Gasteiger partial charge in [0.2, 0.25) is 5.91 Å². The molecule has 1 N–H and O–H groups in total. The van der Waals surface area contributed by atoms with Crippen molar-refractivity contribution in [3.8, 4) is 5.75 Å². The summed E-state index contributed by atoms with van der Waals surface area (Å²) in [5, 5.41) is 3.09. The fourth-order valence-corrected chi connectivity index (χ4v) is 6.40. The molecule has 2 aromatic carbocycles. The van der Waals surface area contributed by atoms with Gasteiger partial charge in [0.15, 0.2) is 9.84 Å². The molecule has 0 spiro atoms. The van der Waals surface area contributed by atoms with Gasteiger partial charge in [0.1, 0.15) is 5.75 Å². The lowest BCUT2D eigenvalue weighted by Crippen LogP contribution is -2.21. The van der Waals surface area contributed by atoms with E-state index in [1.165, 1.54) is 14.2 Å². The van der Waals surface area contributed by atoms with Crippen LogP contribution in [0.5, 0.6) is 5.75 Å². The molecule has 1 atom stereocenters. The lowest BCUT2D eigenvalue weighted by atomic mass is 9.84. The molecule has 0 aliphatic carbocycles. The Hall–Kier alpha value is -2.87. The molecule has 7 nitrogen and oxygen atoms in total. The molecule has 0 fully saturated rings. The molecular formula is C31H45NO6S. The van der Waals surface area contributed by atoms with Crippen molar-refractivity contribution in [2.75, 3.05) is 25.3 Å². The highest BCUT2D eigenvalue weighted by Gasteiger charge is 2.26. The van der Waals surface area contributed by atoms with E-state index in [4.69, 9.17) is 9.47 Å². The van der Waals surface area contributed by atoms with Gasteiger partial charge in [-0.1, -0.05) is 66.7 Å². The summed E-state index contributed by atoms with van der Waals surface area (Å²) in [6.07, 6.45) is 1.02. The zero-order valence-corrected chi connectivity index (χ0v) is 25.7. The van der Waals surface area contributed by atoms with Crippen molar-refractivity contribution in [2.45, 2.75) is 84.0 Å². The molecule has 0 bridgehead atoms. The Kier molecular flexibility index (Phi) is 11.2. The predicted octanol–water partition coefficient (Wildman–Crippen LogP) is 6.30. The Morgan fingerprint density at radius 1 is 0.949 bits per heavy atom. The van der Waals surface area contributed by atoms with Gasteiger partial charge in [-0.3, -0.25) is 9.59 Å². The number of methoxy groups -OCH3 is 2. The number of esters is 1. The Balaban J connectivity index is 2.41. The zero-order chi connectivity index (χ0) is 29.5. The Morgan fingerprint density at radius 3 is 2.15 bits per heavy atom. The standard InChI is InChI=1S/C31H45NO6S/c1-20(2)14-23(25-12-11-24(18-28(25)37-8)39(35,36)19-21(3)4)17-29(33)32-27-15-22(16-30(34)38-9)10-13-26(27)31(5,6)7/h10-13,15,18,20-21,23H,14,16-17,19H2,1-9H3,(H,32,33). The summed E-state index contributed by atoms with van der Waals surface area (Å²) in [5.74, 6) is 0.122. The van der Waals surface area contributed by atoms with Crippen molar-refractivity contribution in [1.82, 2.24) is 0 Å². The number of ether oxygens (including phenoxy) is 2. The minimum absolute atomic E-state index is 0.00201. The molecule has 39 heavy (non-hydrogen) atoms. The van der Waals surface area contributed by atoms with Crippen molar-refractivity contribution in [2.24, 2.45) is 11.8 Å². The van der Waals surface area contributed by atoms with Crippen LogP contribution in [0.3, 0.4) is 0 Å². The molecule has 2 rings (SSSR count). The van der Waals surface area contributed by atoms with E-state index in [9.17, 15) is 18.0 Å². The van der Waals surface area contributed by atoms with Crippen LogP contribution in [0.25, 0.3) is 0 Å². The number of carbonyl (C=O) groups excluding carboxylic acids is 2. The van der Waals surface area contributed by atoms with Crippen molar-refractivity contribution in [1.29, 1.82) is 0 Å². The molecule has 0 heterocycles. The number of hydrogen-bond donors (Lipinski definition) is 1. The van der Waals surface area contributed by atoms with Gasteiger partial charge in [-0.25, -0.2) is 8.42 Å². The summed E-state index contributed by atoms with van der Waals surface area (Å²) in [4.78, 5) is 25.5. The maximum absolute atomic E-state index is 13.5. The zero-order valence-electron chi connectivity index (χ0n) is 24.9. The summed E-state index contributed by atoms with van der Waals surface area (Å²) in [6.45, 7) is 14.1. The minimum Gasteiger partial charge on any atom is -0.496 e. The molecule has 0 radical (unpaired) electrons. The molecule has 0 aliphatic heterocycles. The van der Waals surface area contributed by atoms with Gasteiger partial charge >= 0.3 is 5.97 Å². The minimum atomic E-state index is -3.45. The van der Waals surface area contributed by atoms with Gasteiger partial charge in [0.05, 0.1) is 31.3 Å². The van der Waals surface area contributed by atoms with E-state index in [0.717, 1.165) is 23.1 Å². The summed E-state index contributed by atoms with van der Waals surface area (Å²) in [5.41, 5.74) is 2.95. The molecule has 216 valence electrons. The average Bonchev–Trinajstić information content (AvgIpc) is 2.81. The fraction of sp³-hybridized carbons (Fsp3) is 0.548. The van der Waals surface area contributed by atoms with E-state index in [1.807, 2.05) is 32.0 Å². The monoisotopic (exact) mass is 559 g/mol. The van der Waals surface area contributed by atoms with E-state index < -0.39 is 9.84 Å². The third kappa shape index (κ3) is 9.38. The van der Waals surface area contributed by atoms with Crippen LogP contribution in [-0.2, 0) is 36.0 Å². The van der Waals surface area contributed by atoms with Gasteiger partial charge in [-0.15, -0.1) is 0 Å². The van der Waals surface area contributed by atoms with Crippen LogP contribution in [0.15, 0.2) is 41.3 Å². The Bertz CT molecular complexity index is 1260. The summed E-state index contributed by atoms with van der Waals surface area (Å²) >= 11 is 0. The summed E-state index contributed by atoms with van der Waals surface area (Å²) in [7, 11) is -0.576. The highest BCUT2D eigenvalue weighted by atomic mass is 32.2. The second-order valence-corrected chi connectivity index (χ2v) is 14.1. The number of hydrogen-bond acceptors (Lipinski definition) is 6. The van der Waals surface area contributed by atoms with Gasteiger partial charge in [-0.05, 0) is 64.5 Å². The first-order valence-corrected chi connectivity index (χ1v) is 15.1. The summed E-state index contributed by atoms with van der Waals surface area (Å²) in [6, 6.07) is 10.6. The van der Waals surface area contributed by atoms with Crippen LogP contribution in [-0.4, -0.2) is 40.3 Å². The van der Waals surface area contributed by atoms with E-state index in [1.54, 1.807) is 18.2 Å². The largest absolute Gasteiger partial charge is 0.496 e. The van der Waals surface area contributed by atoms with Crippen LogP contribution < -0.4 is 10.1 Å². The van der Waals surface area contributed by atoms with E-state index in [-0.39, 0.29) is 52.6 Å². The fourth-order valence-electron chi connectivity index (χ4n) is 4.77. The molecule has 1 unspecified atom stereocenters. The second-order valence-electron chi connectivity index (χ2n) is 12.0. The molecule has 0 aromatic heterocycles. The van der Waals surface area contributed by atoms with Crippen LogP contribution in [0, 0.1) is 11.8 Å².